The van der Waals surface area contributed by atoms with Crippen molar-refractivity contribution in [2.75, 3.05) is 32.3 Å². The number of nitrogens with zero attached hydrogens (tertiary/aromatic N) is 4. The number of thioether (sulfide) groups is 1. The van der Waals surface area contributed by atoms with Gasteiger partial charge in [0.2, 0.25) is 11.6 Å². The zero-order valence-corrected chi connectivity index (χ0v) is 21.9. The molecular weight excluding hydrogens is 494 g/mol. The quantitative estimate of drug-likeness (QED) is 0.351. The van der Waals surface area contributed by atoms with Crippen molar-refractivity contribution >= 4 is 35.3 Å². The number of methoxy groups -OCH3 is 2. The third kappa shape index (κ3) is 5.83. The first-order chi connectivity index (χ1) is 17.8. The first-order valence-corrected chi connectivity index (χ1v) is 12.9. The first-order valence-electron chi connectivity index (χ1n) is 11.7. The fourth-order valence-corrected chi connectivity index (χ4v) is 4.89. The van der Waals surface area contributed by atoms with Crippen molar-refractivity contribution in [3.63, 3.8) is 0 Å². The number of aromatic nitrogens is 3. The van der Waals surface area contributed by atoms with Crippen LogP contribution in [0.4, 0.5) is 5.69 Å². The molecule has 1 aliphatic rings. The highest BCUT2D eigenvalue weighted by Gasteiger charge is 2.41. The highest BCUT2D eigenvalue weighted by Crippen LogP contribution is 2.31. The van der Waals surface area contributed by atoms with E-state index in [4.69, 9.17) is 9.47 Å². The molecule has 1 aliphatic heterocycles. The smallest absolute Gasteiger partial charge is 0.361 e. The van der Waals surface area contributed by atoms with Gasteiger partial charge >= 0.3 is 11.9 Å². The van der Waals surface area contributed by atoms with Gasteiger partial charge in [-0.15, -0.1) is 16.9 Å². The summed E-state index contributed by atoms with van der Waals surface area (Å²) in [4.78, 5) is 41.4. The molecule has 0 saturated carbocycles. The number of esters is 2. The number of aryl methyl sites for hydroxylation is 1. The van der Waals surface area contributed by atoms with E-state index in [0.29, 0.717) is 25.2 Å². The molecule has 0 aliphatic carbocycles. The minimum absolute atomic E-state index is 0.0941. The molecule has 1 saturated heterocycles. The molecule has 2 heterocycles. The van der Waals surface area contributed by atoms with Crippen LogP contribution in [0, 0.1) is 6.92 Å². The third-order valence-electron chi connectivity index (χ3n) is 6.33. The van der Waals surface area contributed by atoms with Gasteiger partial charge in [0.05, 0.1) is 26.3 Å². The second-order valence-corrected chi connectivity index (χ2v) is 9.64. The summed E-state index contributed by atoms with van der Waals surface area (Å²) in [6.07, 6.45) is 2.33. The van der Waals surface area contributed by atoms with Crippen LogP contribution in [0.3, 0.4) is 0 Å². The number of amides is 1. The predicted octanol–water partition coefficient (Wildman–Crippen LogP) is 3.34. The SMILES string of the molecule is COC(=O)c1nnn([C@H]2C[C@@H](C(=O)Nc3cccc(SC)c3)N(Cc3ccc(C)cc3)C2)c1C(=O)OC. The summed E-state index contributed by atoms with van der Waals surface area (Å²) in [6.45, 7) is 2.95. The van der Waals surface area contributed by atoms with Crippen LogP contribution in [-0.4, -0.2) is 70.8 Å². The summed E-state index contributed by atoms with van der Waals surface area (Å²) in [5.74, 6) is -1.71. The number of ether oxygens (including phenoxy) is 2. The molecule has 1 amide bonds. The number of anilines is 1. The van der Waals surface area contributed by atoms with Crippen molar-refractivity contribution in [1.82, 2.24) is 19.9 Å². The van der Waals surface area contributed by atoms with Crippen molar-refractivity contribution in [1.29, 1.82) is 0 Å². The molecule has 1 N–H and O–H groups in total. The predicted molar refractivity (Wildman–Crippen MR) is 139 cm³/mol. The fraction of sp³-hybridized carbons (Fsp3) is 0.346. The largest absolute Gasteiger partial charge is 0.464 e. The monoisotopic (exact) mass is 523 g/mol. The number of hydrogen-bond acceptors (Lipinski definition) is 9. The van der Waals surface area contributed by atoms with E-state index in [1.54, 1.807) is 11.8 Å². The van der Waals surface area contributed by atoms with Gasteiger partial charge in [-0.2, -0.15) is 0 Å². The summed E-state index contributed by atoms with van der Waals surface area (Å²) < 4.78 is 11.0. The Morgan fingerprint density at radius 1 is 1.08 bits per heavy atom. The van der Waals surface area contributed by atoms with Crippen LogP contribution in [0.1, 0.15) is 44.6 Å². The summed E-state index contributed by atoms with van der Waals surface area (Å²) in [7, 11) is 2.42. The molecule has 3 aromatic rings. The van der Waals surface area contributed by atoms with Gasteiger partial charge in [-0.05, 0) is 43.4 Å². The van der Waals surface area contributed by atoms with Crippen molar-refractivity contribution in [3.8, 4) is 0 Å². The van der Waals surface area contributed by atoms with Gasteiger partial charge in [0.15, 0.2) is 5.69 Å². The standard InChI is InChI=1S/C26H29N5O5S/c1-16-8-10-17(11-9-16)14-30-15-19(31-23(26(34)36-3)22(28-29-31)25(33)35-2)13-21(30)24(32)27-18-6-5-7-20(12-18)37-4/h5-12,19,21H,13-15H2,1-4H3,(H,27,32)/t19-,21-/m0/s1. The van der Waals surface area contributed by atoms with Crippen LogP contribution < -0.4 is 5.32 Å². The van der Waals surface area contributed by atoms with Crippen LogP contribution in [0.25, 0.3) is 0 Å². The Labute approximate surface area is 219 Å². The van der Waals surface area contributed by atoms with Crippen LogP contribution in [0.2, 0.25) is 0 Å². The van der Waals surface area contributed by atoms with Crippen LogP contribution in [0.15, 0.2) is 53.4 Å². The Hall–Kier alpha value is -3.70. The Morgan fingerprint density at radius 3 is 2.49 bits per heavy atom. The molecule has 10 nitrogen and oxygen atoms in total. The third-order valence-corrected chi connectivity index (χ3v) is 7.05. The van der Waals surface area contributed by atoms with Crippen LogP contribution in [0.5, 0.6) is 0 Å². The topological polar surface area (TPSA) is 116 Å². The number of rotatable bonds is 8. The second kappa shape index (κ2) is 11.6. The van der Waals surface area contributed by atoms with Gasteiger partial charge in [0.25, 0.3) is 0 Å². The molecule has 1 aromatic heterocycles. The van der Waals surface area contributed by atoms with Crippen LogP contribution >= 0.6 is 11.8 Å². The molecule has 1 fully saturated rings. The van der Waals surface area contributed by atoms with Gasteiger partial charge in [-0.25, -0.2) is 14.3 Å². The first kappa shape index (κ1) is 26.4. The Morgan fingerprint density at radius 2 is 1.81 bits per heavy atom. The lowest BCUT2D eigenvalue weighted by atomic mass is 10.1. The van der Waals surface area contributed by atoms with Crippen molar-refractivity contribution < 1.29 is 23.9 Å². The van der Waals surface area contributed by atoms with Gasteiger partial charge in [0.1, 0.15) is 0 Å². The number of likely N-dealkylation sites (tertiary alicyclic amines) is 1. The maximum atomic E-state index is 13.5. The number of carbonyl (C=O) groups is 3. The van der Waals surface area contributed by atoms with E-state index in [-0.39, 0.29) is 17.3 Å². The lowest BCUT2D eigenvalue weighted by Crippen LogP contribution is -2.39. The van der Waals surface area contributed by atoms with Crippen molar-refractivity contribution in [3.05, 3.63) is 71.0 Å². The number of carbonyl (C=O) groups excluding carboxylic acids is 3. The molecule has 0 unspecified atom stereocenters. The number of hydrogen-bond donors (Lipinski definition) is 1. The molecule has 2 atom stereocenters. The van der Waals surface area contributed by atoms with Crippen molar-refractivity contribution in [2.45, 2.75) is 36.9 Å². The summed E-state index contributed by atoms with van der Waals surface area (Å²) in [5.41, 5.74) is 2.59. The molecule has 11 heteroatoms. The lowest BCUT2D eigenvalue weighted by molar-refractivity contribution is -0.120. The average Bonchev–Trinajstić information content (AvgIpc) is 3.54. The Balaban J connectivity index is 1.65. The minimum Gasteiger partial charge on any atom is -0.464 e. The van der Waals surface area contributed by atoms with E-state index >= 15 is 0 Å². The van der Waals surface area contributed by atoms with Gasteiger partial charge in [-0.1, -0.05) is 41.1 Å². The van der Waals surface area contributed by atoms with Crippen molar-refractivity contribution in [2.24, 2.45) is 0 Å². The van der Waals surface area contributed by atoms with E-state index in [0.717, 1.165) is 16.0 Å². The van der Waals surface area contributed by atoms with E-state index in [2.05, 4.69) is 15.6 Å². The maximum absolute atomic E-state index is 13.5. The second-order valence-electron chi connectivity index (χ2n) is 8.76. The zero-order valence-electron chi connectivity index (χ0n) is 21.1. The zero-order chi connectivity index (χ0) is 26.5. The highest BCUT2D eigenvalue weighted by molar-refractivity contribution is 7.98. The fourth-order valence-electron chi connectivity index (χ4n) is 4.43. The molecule has 0 spiro atoms. The summed E-state index contributed by atoms with van der Waals surface area (Å²) in [5, 5.41) is 11.0. The number of benzene rings is 2. The normalized spacial score (nSPS) is 17.4. The Kier molecular flexibility index (Phi) is 8.24. The molecule has 0 radical (unpaired) electrons. The lowest BCUT2D eigenvalue weighted by Gasteiger charge is -2.23. The maximum Gasteiger partial charge on any atom is 0.361 e. The van der Waals surface area contributed by atoms with Gasteiger partial charge < -0.3 is 14.8 Å². The van der Waals surface area contributed by atoms with E-state index in [1.807, 2.05) is 66.6 Å². The van der Waals surface area contributed by atoms with Gasteiger partial charge in [-0.3, -0.25) is 9.69 Å². The number of nitrogens with one attached hydrogen (secondary N) is 1. The summed E-state index contributed by atoms with van der Waals surface area (Å²) in [6, 6.07) is 14.9. The molecule has 0 bridgehead atoms. The van der Waals surface area contributed by atoms with Crippen LogP contribution in [-0.2, 0) is 20.8 Å². The molecule has 37 heavy (non-hydrogen) atoms. The molecule has 194 valence electrons. The molecule has 4 rings (SSSR count). The molecule has 2 aromatic carbocycles. The minimum atomic E-state index is -0.788. The Bertz CT molecular complexity index is 1290. The average molecular weight is 524 g/mol. The van der Waals surface area contributed by atoms with Gasteiger partial charge in [0, 0.05) is 23.7 Å². The molecular formula is C26H29N5O5S. The summed E-state index contributed by atoms with van der Waals surface area (Å²) >= 11 is 1.59. The van der Waals surface area contributed by atoms with E-state index < -0.39 is 24.0 Å². The van der Waals surface area contributed by atoms with E-state index in [9.17, 15) is 14.4 Å². The highest BCUT2D eigenvalue weighted by atomic mass is 32.2. The van der Waals surface area contributed by atoms with E-state index in [1.165, 1.54) is 18.9 Å².